The highest BCUT2D eigenvalue weighted by atomic mass is 32.1. The van der Waals surface area contributed by atoms with Crippen molar-refractivity contribution >= 4 is 21.4 Å². The predicted molar refractivity (Wildman–Crippen MR) is 50.5 cm³/mol. The van der Waals surface area contributed by atoms with E-state index in [1.54, 1.807) is 11.3 Å². The first-order valence-electron chi connectivity index (χ1n) is 4.03. The molecule has 1 saturated heterocycles. The minimum absolute atomic E-state index is 0.390. The number of rotatable bonds is 1. The van der Waals surface area contributed by atoms with Crippen molar-refractivity contribution in [2.24, 2.45) is 0 Å². The molecule has 0 amide bonds. The largest absolute Gasteiger partial charge is 0.368 e. The van der Waals surface area contributed by atoms with E-state index in [9.17, 15) is 0 Å². The highest BCUT2D eigenvalue weighted by Gasteiger charge is 2.27. The smallest absolute Gasteiger partial charge is 0.107 e. The van der Waals surface area contributed by atoms with Crippen molar-refractivity contribution in [2.45, 2.75) is 6.10 Å². The highest BCUT2D eigenvalue weighted by Crippen LogP contribution is 2.38. The van der Waals surface area contributed by atoms with Crippen LogP contribution in [0.25, 0.3) is 10.1 Å². The van der Waals surface area contributed by atoms with Crippen LogP contribution in [-0.2, 0) is 4.74 Å². The number of hydrogen-bond donors (Lipinski definition) is 0. The Morgan fingerprint density at radius 1 is 1.33 bits per heavy atom. The zero-order chi connectivity index (χ0) is 7.97. The molecule has 0 unspecified atom stereocenters. The molecule has 60 valence electrons. The van der Waals surface area contributed by atoms with Crippen molar-refractivity contribution in [1.29, 1.82) is 0 Å². The van der Waals surface area contributed by atoms with Crippen LogP contribution in [0.3, 0.4) is 0 Å². The van der Waals surface area contributed by atoms with Gasteiger partial charge in [0.25, 0.3) is 0 Å². The molecule has 1 nitrogen and oxygen atoms in total. The third-order valence-electron chi connectivity index (χ3n) is 2.19. The van der Waals surface area contributed by atoms with Crippen LogP contribution < -0.4 is 0 Å². The van der Waals surface area contributed by atoms with E-state index in [0.717, 1.165) is 6.61 Å². The Kier molecular flexibility index (Phi) is 1.28. The fourth-order valence-electron chi connectivity index (χ4n) is 1.48. The first kappa shape index (κ1) is 6.63. The zero-order valence-corrected chi connectivity index (χ0v) is 7.30. The number of benzene rings is 1. The Bertz CT molecular complexity index is 414. The van der Waals surface area contributed by atoms with Crippen LogP contribution in [0.4, 0.5) is 0 Å². The Morgan fingerprint density at radius 3 is 3.00 bits per heavy atom. The van der Waals surface area contributed by atoms with Crippen LogP contribution in [0.2, 0.25) is 0 Å². The first-order valence-corrected chi connectivity index (χ1v) is 4.91. The van der Waals surface area contributed by atoms with E-state index in [4.69, 9.17) is 4.74 Å². The summed E-state index contributed by atoms with van der Waals surface area (Å²) < 4.78 is 6.63. The minimum atomic E-state index is 0.390. The maximum Gasteiger partial charge on any atom is 0.107 e. The van der Waals surface area contributed by atoms with Crippen LogP contribution in [0, 0.1) is 0 Å². The van der Waals surface area contributed by atoms with E-state index in [0.29, 0.717) is 6.10 Å². The van der Waals surface area contributed by atoms with Crippen LogP contribution >= 0.6 is 11.3 Å². The van der Waals surface area contributed by atoms with E-state index in [2.05, 4.69) is 29.6 Å². The standard InChI is InChI=1S/C10H8OS/c1-2-4-10-7(3-1)8(6-12-10)9-5-11-9/h1-4,6,9H,5H2/t9-/m1/s1. The van der Waals surface area contributed by atoms with E-state index in [-0.39, 0.29) is 0 Å². The fourth-order valence-corrected chi connectivity index (χ4v) is 2.48. The van der Waals surface area contributed by atoms with Gasteiger partial charge < -0.3 is 4.74 Å². The van der Waals surface area contributed by atoms with Crippen molar-refractivity contribution in [1.82, 2.24) is 0 Å². The molecule has 12 heavy (non-hydrogen) atoms. The molecule has 2 heterocycles. The summed E-state index contributed by atoms with van der Waals surface area (Å²) in [6, 6.07) is 8.49. The molecular weight excluding hydrogens is 168 g/mol. The summed E-state index contributed by atoms with van der Waals surface area (Å²) in [4.78, 5) is 0. The summed E-state index contributed by atoms with van der Waals surface area (Å²) in [7, 11) is 0. The molecule has 0 bridgehead atoms. The Morgan fingerprint density at radius 2 is 2.17 bits per heavy atom. The maximum absolute atomic E-state index is 5.27. The molecule has 0 radical (unpaired) electrons. The second-order valence-electron chi connectivity index (χ2n) is 3.01. The highest BCUT2D eigenvalue weighted by molar-refractivity contribution is 7.17. The third-order valence-corrected chi connectivity index (χ3v) is 3.17. The zero-order valence-electron chi connectivity index (χ0n) is 6.49. The Balaban J connectivity index is 2.30. The maximum atomic E-state index is 5.27. The molecule has 1 aromatic heterocycles. The van der Waals surface area contributed by atoms with E-state index < -0.39 is 0 Å². The van der Waals surface area contributed by atoms with Gasteiger partial charge in [-0.3, -0.25) is 0 Å². The van der Waals surface area contributed by atoms with Crippen LogP contribution in [0.15, 0.2) is 29.6 Å². The molecular formula is C10H8OS. The van der Waals surface area contributed by atoms with Crippen molar-refractivity contribution in [3.8, 4) is 0 Å². The van der Waals surface area contributed by atoms with Crippen LogP contribution in [-0.4, -0.2) is 6.61 Å². The molecule has 1 fully saturated rings. The van der Waals surface area contributed by atoms with Gasteiger partial charge in [-0.1, -0.05) is 18.2 Å². The lowest BCUT2D eigenvalue weighted by molar-refractivity contribution is 0.417. The van der Waals surface area contributed by atoms with Gasteiger partial charge in [0.1, 0.15) is 6.10 Å². The quantitative estimate of drug-likeness (QED) is 0.608. The lowest BCUT2D eigenvalue weighted by Crippen LogP contribution is -1.74. The van der Waals surface area contributed by atoms with Crippen molar-refractivity contribution in [3.63, 3.8) is 0 Å². The van der Waals surface area contributed by atoms with Crippen molar-refractivity contribution in [3.05, 3.63) is 35.2 Å². The van der Waals surface area contributed by atoms with E-state index in [1.807, 2.05) is 0 Å². The van der Waals surface area contributed by atoms with Gasteiger partial charge in [-0.25, -0.2) is 0 Å². The van der Waals surface area contributed by atoms with Gasteiger partial charge in [0.15, 0.2) is 0 Å². The van der Waals surface area contributed by atoms with Gasteiger partial charge >= 0.3 is 0 Å². The van der Waals surface area contributed by atoms with Gasteiger partial charge in [-0.15, -0.1) is 11.3 Å². The SMILES string of the molecule is c1ccc2c([C@H]3CO3)csc2c1. The fraction of sp³-hybridized carbons (Fsp3) is 0.200. The summed E-state index contributed by atoms with van der Waals surface area (Å²) in [6.45, 7) is 0.903. The second kappa shape index (κ2) is 2.31. The van der Waals surface area contributed by atoms with Gasteiger partial charge in [-0.05, 0) is 16.8 Å². The molecule has 1 atom stereocenters. The molecule has 0 saturated carbocycles. The summed E-state index contributed by atoms with van der Waals surface area (Å²) in [5.41, 5.74) is 1.37. The molecule has 3 rings (SSSR count). The minimum Gasteiger partial charge on any atom is -0.368 e. The monoisotopic (exact) mass is 176 g/mol. The average Bonchev–Trinajstić information content (AvgIpc) is 2.86. The van der Waals surface area contributed by atoms with E-state index in [1.165, 1.54) is 15.6 Å². The molecule has 0 N–H and O–H groups in total. The molecule has 1 aliphatic rings. The predicted octanol–water partition coefficient (Wildman–Crippen LogP) is 2.97. The molecule has 2 aromatic rings. The number of epoxide rings is 1. The lowest BCUT2D eigenvalue weighted by atomic mass is 10.1. The molecule has 0 spiro atoms. The van der Waals surface area contributed by atoms with Crippen molar-refractivity contribution in [2.75, 3.05) is 6.61 Å². The molecule has 1 aliphatic heterocycles. The number of ether oxygens (including phenoxy) is 1. The van der Waals surface area contributed by atoms with E-state index >= 15 is 0 Å². The Labute approximate surface area is 74.6 Å². The lowest BCUT2D eigenvalue weighted by Gasteiger charge is -1.91. The topological polar surface area (TPSA) is 12.5 Å². The molecule has 0 aliphatic carbocycles. The van der Waals surface area contributed by atoms with Gasteiger partial charge in [0.2, 0.25) is 0 Å². The average molecular weight is 176 g/mol. The summed E-state index contributed by atoms with van der Waals surface area (Å²) in [6.07, 6.45) is 0.390. The van der Waals surface area contributed by atoms with Gasteiger partial charge in [0.05, 0.1) is 6.61 Å². The van der Waals surface area contributed by atoms with Crippen LogP contribution in [0.1, 0.15) is 11.7 Å². The van der Waals surface area contributed by atoms with Gasteiger partial charge in [0, 0.05) is 10.3 Å². The summed E-state index contributed by atoms with van der Waals surface area (Å²) >= 11 is 1.80. The third kappa shape index (κ3) is 0.886. The van der Waals surface area contributed by atoms with Gasteiger partial charge in [-0.2, -0.15) is 0 Å². The summed E-state index contributed by atoms with van der Waals surface area (Å²) in [5, 5.41) is 3.58. The second-order valence-corrected chi connectivity index (χ2v) is 3.92. The number of thiophene rings is 1. The normalized spacial score (nSPS) is 21.5. The molecule has 2 heteroatoms. The first-order chi connectivity index (χ1) is 5.95. The van der Waals surface area contributed by atoms with Crippen molar-refractivity contribution < 1.29 is 4.74 Å². The number of hydrogen-bond acceptors (Lipinski definition) is 2. The van der Waals surface area contributed by atoms with Crippen LogP contribution in [0.5, 0.6) is 0 Å². The summed E-state index contributed by atoms with van der Waals surface area (Å²) in [5.74, 6) is 0. The number of fused-ring (bicyclic) bond motifs is 1. The Hall–Kier alpha value is -0.860. The molecule has 1 aromatic carbocycles.